The van der Waals surface area contributed by atoms with Crippen molar-refractivity contribution in [2.24, 2.45) is 5.16 Å². The van der Waals surface area contributed by atoms with Crippen LogP contribution in [0.2, 0.25) is 0 Å². The zero-order valence-electron chi connectivity index (χ0n) is 13.8. The molecule has 25 heavy (non-hydrogen) atoms. The number of rotatable bonds is 6. The van der Waals surface area contributed by atoms with E-state index in [0.29, 0.717) is 35.7 Å². The van der Waals surface area contributed by atoms with Crippen LogP contribution in [0.15, 0.2) is 59.8 Å². The molecular weight excluding hydrogens is 340 g/mol. The summed E-state index contributed by atoms with van der Waals surface area (Å²) in [4.78, 5) is 0. The minimum atomic E-state index is -3.75. The first-order chi connectivity index (χ1) is 12.1. The van der Waals surface area contributed by atoms with Crippen molar-refractivity contribution >= 4 is 33.0 Å². The monoisotopic (exact) mass is 360 g/mol. The summed E-state index contributed by atoms with van der Waals surface area (Å²) in [6, 6.07) is 16.2. The summed E-state index contributed by atoms with van der Waals surface area (Å²) in [5.41, 5.74) is 2.31. The predicted molar refractivity (Wildman–Crippen MR) is 99.1 cm³/mol. The summed E-state index contributed by atoms with van der Waals surface area (Å²) in [5.74, 6) is 0. The number of nitrogens with one attached hydrogen (secondary N) is 1. The predicted octanol–water partition coefficient (Wildman–Crippen LogP) is 2.33. The minimum Gasteiger partial charge on any atom is -0.411 e. The Hall–Kier alpha value is -2.58. The van der Waals surface area contributed by atoms with Gasteiger partial charge in [-0.1, -0.05) is 35.5 Å². The fourth-order valence-corrected chi connectivity index (χ4v) is 4.59. The van der Waals surface area contributed by atoms with Crippen LogP contribution in [0.3, 0.4) is 0 Å². The van der Waals surface area contributed by atoms with Gasteiger partial charge in [0.05, 0.1) is 22.8 Å². The summed E-state index contributed by atoms with van der Waals surface area (Å²) in [6.45, 7) is 0.595. The van der Waals surface area contributed by atoms with E-state index in [1.165, 1.54) is 8.61 Å². The largest absolute Gasteiger partial charge is 0.411 e. The molecule has 1 aliphatic rings. The van der Waals surface area contributed by atoms with Crippen molar-refractivity contribution in [2.75, 3.05) is 28.7 Å². The number of anilines is 3. The number of para-hydroxylation sites is 3. The molecule has 1 heterocycles. The number of benzene rings is 2. The fraction of sp³-hybridized carbons (Fsp3) is 0.235. The highest BCUT2D eigenvalue weighted by Gasteiger charge is 2.40. The van der Waals surface area contributed by atoms with Crippen molar-refractivity contribution in [3.05, 3.63) is 54.6 Å². The van der Waals surface area contributed by atoms with Gasteiger partial charge in [0.1, 0.15) is 0 Å². The van der Waals surface area contributed by atoms with Crippen molar-refractivity contribution in [3.8, 4) is 0 Å². The number of hydrogen-bond acceptors (Lipinski definition) is 5. The molecule has 0 fully saturated rings. The first-order valence-electron chi connectivity index (χ1n) is 7.91. The molecule has 0 saturated carbocycles. The summed E-state index contributed by atoms with van der Waals surface area (Å²) in [7, 11) is -2.01. The van der Waals surface area contributed by atoms with E-state index >= 15 is 0 Å². The molecule has 2 N–H and O–H groups in total. The third kappa shape index (κ3) is 3.18. The molecule has 0 aliphatic carbocycles. The lowest BCUT2D eigenvalue weighted by molar-refractivity contribution is 0.316. The molecule has 0 radical (unpaired) electrons. The molecule has 0 amide bonds. The summed E-state index contributed by atoms with van der Waals surface area (Å²) < 4.78 is 29.0. The van der Waals surface area contributed by atoms with Crippen molar-refractivity contribution < 1.29 is 13.6 Å². The van der Waals surface area contributed by atoms with Crippen LogP contribution in [-0.2, 0) is 10.2 Å². The van der Waals surface area contributed by atoms with Crippen LogP contribution in [0.1, 0.15) is 6.42 Å². The van der Waals surface area contributed by atoms with Crippen LogP contribution in [-0.4, -0.2) is 39.5 Å². The highest BCUT2D eigenvalue weighted by molar-refractivity contribution is 7.95. The fourth-order valence-electron chi connectivity index (χ4n) is 2.87. The Kier molecular flexibility index (Phi) is 4.91. The molecule has 0 bridgehead atoms. The van der Waals surface area contributed by atoms with E-state index in [0.717, 1.165) is 0 Å². The third-order valence-corrected chi connectivity index (χ3v) is 5.80. The molecule has 0 aromatic heterocycles. The van der Waals surface area contributed by atoms with Gasteiger partial charge in [0.25, 0.3) is 0 Å². The van der Waals surface area contributed by atoms with Crippen LogP contribution >= 0.6 is 0 Å². The van der Waals surface area contributed by atoms with E-state index in [2.05, 4.69) is 10.5 Å². The molecule has 1 aliphatic heterocycles. The van der Waals surface area contributed by atoms with Gasteiger partial charge in [-0.15, -0.1) is 0 Å². The van der Waals surface area contributed by atoms with Gasteiger partial charge in [-0.05, 0) is 31.3 Å². The lowest BCUT2D eigenvalue weighted by Gasteiger charge is -2.21. The number of fused-ring (bicyclic) bond motifs is 1. The first kappa shape index (κ1) is 17.2. The molecule has 0 saturated heterocycles. The van der Waals surface area contributed by atoms with E-state index in [1.807, 2.05) is 18.2 Å². The first-order valence-corrected chi connectivity index (χ1v) is 9.30. The Balaban J connectivity index is 1.98. The molecule has 2 aromatic rings. The molecule has 0 unspecified atom stereocenters. The molecule has 8 heteroatoms. The SMILES string of the molecule is CNC/C(CCN1c2ccccc2N(c2ccccc2)S1(=O)=O)=N\O. The number of nitrogens with zero attached hydrogens (tertiary/aromatic N) is 3. The summed E-state index contributed by atoms with van der Waals surface area (Å²) in [6.07, 6.45) is 0.327. The van der Waals surface area contributed by atoms with Gasteiger partial charge >= 0.3 is 10.2 Å². The van der Waals surface area contributed by atoms with Crippen molar-refractivity contribution in [3.63, 3.8) is 0 Å². The lowest BCUT2D eigenvalue weighted by Crippen LogP contribution is -2.37. The maximum absolute atomic E-state index is 13.1. The van der Waals surface area contributed by atoms with Crippen LogP contribution in [0.5, 0.6) is 0 Å². The highest BCUT2D eigenvalue weighted by atomic mass is 32.2. The molecule has 2 aromatic carbocycles. The maximum atomic E-state index is 13.1. The van der Waals surface area contributed by atoms with Crippen LogP contribution in [0, 0.1) is 0 Å². The normalized spacial score (nSPS) is 16.1. The Labute approximate surface area is 147 Å². The highest BCUT2D eigenvalue weighted by Crippen LogP contribution is 2.44. The molecule has 132 valence electrons. The van der Waals surface area contributed by atoms with Crippen molar-refractivity contribution in [1.82, 2.24) is 5.32 Å². The van der Waals surface area contributed by atoms with E-state index in [-0.39, 0.29) is 6.54 Å². The lowest BCUT2D eigenvalue weighted by atomic mass is 10.2. The second kappa shape index (κ2) is 7.12. The second-order valence-electron chi connectivity index (χ2n) is 5.62. The van der Waals surface area contributed by atoms with Gasteiger partial charge in [0, 0.05) is 19.5 Å². The van der Waals surface area contributed by atoms with Crippen LogP contribution < -0.4 is 13.9 Å². The van der Waals surface area contributed by atoms with Gasteiger partial charge < -0.3 is 10.5 Å². The van der Waals surface area contributed by atoms with Crippen LogP contribution in [0.25, 0.3) is 0 Å². The number of hydrogen-bond donors (Lipinski definition) is 2. The number of oxime groups is 1. The smallest absolute Gasteiger partial charge is 0.330 e. The molecular formula is C17H20N4O3S. The van der Waals surface area contributed by atoms with E-state index in [4.69, 9.17) is 5.21 Å². The topological polar surface area (TPSA) is 85.2 Å². The average Bonchev–Trinajstić information content (AvgIpc) is 2.85. The zero-order valence-corrected chi connectivity index (χ0v) is 14.6. The van der Waals surface area contributed by atoms with Crippen molar-refractivity contribution in [1.29, 1.82) is 0 Å². The van der Waals surface area contributed by atoms with Gasteiger partial charge in [0.15, 0.2) is 0 Å². The third-order valence-electron chi connectivity index (χ3n) is 3.99. The average molecular weight is 360 g/mol. The zero-order chi connectivity index (χ0) is 17.9. The standard InChI is InChI=1S/C17H20N4O3S/c1-18-13-14(19-22)11-12-20-16-9-5-6-10-17(16)21(25(20,23)24)15-7-3-2-4-8-15/h2-10,18,22H,11-13H2,1H3/b19-14-. The molecule has 0 atom stereocenters. The molecule has 7 nitrogen and oxygen atoms in total. The van der Waals surface area contributed by atoms with Gasteiger partial charge in [-0.3, -0.25) is 4.31 Å². The summed E-state index contributed by atoms with van der Waals surface area (Å²) in [5, 5.41) is 15.2. The van der Waals surface area contributed by atoms with Crippen molar-refractivity contribution in [2.45, 2.75) is 6.42 Å². The Morgan fingerprint density at radius 3 is 2.36 bits per heavy atom. The van der Waals surface area contributed by atoms with Crippen LogP contribution in [0.4, 0.5) is 17.1 Å². The quantitative estimate of drug-likeness (QED) is 0.470. The minimum absolute atomic E-state index is 0.198. The van der Waals surface area contributed by atoms with E-state index in [9.17, 15) is 8.42 Å². The Bertz CT molecular complexity index is 868. The van der Waals surface area contributed by atoms with Gasteiger partial charge in [-0.25, -0.2) is 4.31 Å². The Morgan fingerprint density at radius 1 is 1.08 bits per heavy atom. The van der Waals surface area contributed by atoms with Gasteiger partial charge in [0.2, 0.25) is 0 Å². The molecule has 0 spiro atoms. The summed E-state index contributed by atoms with van der Waals surface area (Å²) >= 11 is 0. The van der Waals surface area contributed by atoms with E-state index in [1.54, 1.807) is 43.4 Å². The molecule has 3 rings (SSSR count). The van der Waals surface area contributed by atoms with E-state index < -0.39 is 10.2 Å². The second-order valence-corrected chi connectivity index (χ2v) is 7.32. The van der Waals surface area contributed by atoms with Gasteiger partial charge in [-0.2, -0.15) is 8.42 Å². The Morgan fingerprint density at radius 2 is 1.72 bits per heavy atom. The maximum Gasteiger partial charge on any atom is 0.330 e.